The van der Waals surface area contributed by atoms with E-state index in [1.54, 1.807) is 6.08 Å². The fourth-order valence-corrected chi connectivity index (χ4v) is 0.275. The average Bonchev–Trinajstić information content (AvgIpc) is 1.66. The molecular weight excluding hydrogens is 128 g/mol. The Kier molecular flexibility index (Phi) is 4.36. The quantitative estimate of drug-likeness (QED) is 0.533. The first-order chi connectivity index (χ1) is 3.77. The van der Waals surface area contributed by atoms with E-state index in [2.05, 4.69) is 4.74 Å². The average molecular weight is 135 g/mol. The summed E-state index contributed by atoms with van der Waals surface area (Å²) in [6.45, 7) is 1.61. The molecule has 0 spiro atoms. The zero-order valence-corrected chi connectivity index (χ0v) is 5.31. The fourth-order valence-electron chi connectivity index (χ4n) is 0.202. The molecule has 0 saturated heterocycles. The molecule has 0 aromatic rings. The highest BCUT2D eigenvalue weighted by molar-refractivity contribution is 6.25. The third-order valence-electron chi connectivity index (χ3n) is 0.472. The minimum Gasteiger partial charge on any atom is -0.462 e. The van der Waals surface area contributed by atoms with Crippen LogP contribution in [0.5, 0.6) is 0 Å². The van der Waals surface area contributed by atoms with Crippen molar-refractivity contribution >= 4 is 17.6 Å². The molecule has 0 aliphatic heterocycles. The summed E-state index contributed by atoms with van der Waals surface area (Å²) in [5.74, 6) is -0.292. The van der Waals surface area contributed by atoms with E-state index in [-0.39, 0.29) is 12.6 Å². The van der Waals surface area contributed by atoms with Crippen LogP contribution in [0, 0.1) is 0 Å². The maximum Gasteiger partial charge on any atom is 0.302 e. The molecular formula is C5H7ClO2. The van der Waals surface area contributed by atoms with Gasteiger partial charge < -0.3 is 4.74 Å². The number of halogens is 1. The van der Waals surface area contributed by atoms with Crippen LogP contribution in [-0.4, -0.2) is 12.6 Å². The molecule has 0 heterocycles. The molecule has 0 bridgehead atoms. The number of carbonyl (C=O) groups excluding carboxylic acids is 1. The molecule has 2 nitrogen and oxygen atoms in total. The molecule has 0 radical (unpaired) electrons. The summed E-state index contributed by atoms with van der Waals surface area (Å²) in [6, 6.07) is 0. The molecule has 0 fully saturated rings. The molecule has 8 heavy (non-hydrogen) atoms. The fraction of sp³-hybridized carbons (Fsp3) is 0.400. The molecule has 46 valence electrons. The Morgan fingerprint density at radius 3 is 2.88 bits per heavy atom. The lowest BCUT2D eigenvalue weighted by molar-refractivity contribution is -0.139. The lowest BCUT2D eigenvalue weighted by Crippen LogP contribution is -1.96. The second kappa shape index (κ2) is 4.65. The first-order valence-electron chi connectivity index (χ1n) is 2.16. The summed E-state index contributed by atoms with van der Waals surface area (Å²) >= 11 is 5.11. The smallest absolute Gasteiger partial charge is 0.302 e. The van der Waals surface area contributed by atoms with E-state index in [0.717, 1.165) is 0 Å². The van der Waals surface area contributed by atoms with Gasteiger partial charge in [0.2, 0.25) is 0 Å². The van der Waals surface area contributed by atoms with Crippen LogP contribution in [0.25, 0.3) is 0 Å². The topological polar surface area (TPSA) is 26.3 Å². The largest absolute Gasteiger partial charge is 0.462 e. The van der Waals surface area contributed by atoms with Crippen molar-refractivity contribution in [1.29, 1.82) is 0 Å². The SMILES string of the molecule is CC(=O)OC/C=C\Cl. The summed E-state index contributed by atoms with van der Waals surface area (Å²) in [6.07, 6.45) is 1.54. The Balaban J connectivity index is 3.05. The second-order valence-corrected chi connectivity index (χ2v) is 1.42. The second-order valence-electron chi connectivity index (χ2n) is 1.16. The molecule has 0 atom stereocenters. The zero-order valence-electron chi connectivity index (χ0n) is 4.56. The summed E-state index contributed by atoms with van der Waals surface area (Å²) < 4.78 is 4.47. The van der Waals surface area contributed by atoms with Gasteiger partial charge in [0.1, 0.15) is 6.61 Å². The van der Waals surface area contributed by atoms with Gasteiger partial charge in [-0.25, -0.2) is 0 Å². The highest BCUT2D eigenvalue weighted by Crippen LogP contribution is 1.80. The van der Waals surface area contributed by atoms with Gasteiger partial charge in [0, 0.05) is 12.5 Å². The van der Waals surface area contributed by atoms with Crippen LogP contribution < -0.4 is 0 Å². The van der Waals surface area contributed by atoms with Crippen LogP contribution in [0.3, 0.4) is 0 Å². The van der Waals surface area contributed by atoms with E-state index < -0.39 is 0 Å². The Labute approximate surface area is 53.1 Å². The number of hydrogen-bond donors (Lipinski definition) is 0. The Morgan fingerprint density at radius 2 is 2.50 bits per heavy atom. The Morgan fingerprint density at radius 1 is 1.88 bits per heavy atom. The molecule has 0 aliphatic carbocycles. The molecule has 0 amide bonds. The van der Waals surface area contributed by atoms with Crippen molar-refractivity contribution < 1.29 is 9.53 Å². The zero-order chi connectivity index (χ0) is 6.41. The lowest BCUT2D eigenvalue weighted by Gasteiger charge is -1.91. The van der Waals surface area contributed by atoms with Crippen LogP contribution in [0.4, 0.5) is 0 Å². The van der Waals surface area contributed by atoms with Crippen molar-refractivity contribution in [3.63, 3.8) is 0 Å². The van der Waals surface area contributed by atoms with Crippen molar-refractivity contribution in [2.24, 2.45) is 0 Å². The van der Waals surface area contributed by atoms with E-state index in [0.29, 0.717) is 0 Å². The predicted octanol–water partition coefficient (Wildman–Crippen LogP) is 1.30. The normalized spacial score (nSPS) is 9.75. The van der Waals surface area contributed by atoms with Crippen molar-refractivity contribution in [1.82, 2.24) is 0 Å². The van der Waals surface area contributed by atoms with Gasteiger partial charge in [-0.05, 0) is 6.08 Å². The summed E-state index contributed by atoms with van der Waals surface area (Å²) in [5.41, 5.74) is 1.31. The number of ether oxygens (including phenoxy) is 1. The molecule has 0 N–H and O–H groups in total. The minimum absolute atomic E-state index is 0.263. The van der Waals surface area contributed by atoms with Gasteiger partial charge >= 0.3 is 5.97 Å². The minimum atomic E-state index is -0.292. The number of carbonyl (C=O) groups is 1. The van der Waals surface area contributed by atoms with Gasteiger partial charge in [-0.15, -0.1) is 0 Å². The van der Waals surface area contributed by atoms with Crippen molar-refractivity contribution in [3.05, 3.63) is 11.6 Å². The monoisotopic (exact) mass is 134 g/mol. The van der Waals surface area contributed by atoms with Crippen molar-refractivity contribution in [2.75, 3.05) is 6.61 Å². The molecule has 3 heteroatoms. The summed E-state index contributed by atoms with van der Waals surface area (Å²) in [7, 11) is 0. The van der Waals surface area contributed by atoms with E-state index in [4.69, 9.17) is 11.6 Å². The molecule has 0 unspecified atom stereocenters. The lowest BCUT2D eigenvalue weighted by atomic mass is 10.7. The third kappa shape index (κ3) is 5.50. The number of esters is 1. The molecule has 0 saturated carbocycles. The first kappa shape index (κ1) is 7.50. The highest BCUT2D eigenvalue weighted by Gasteiger charge is 1.84. The van der Waals surface area contributed by atoms with Crippen LogP contribution in [0.15, 0.2) is 11.6 Å². The van der Waals surface area contributed by atoms with Gasteiger partial charge in [0.25, 0.3) is 0 Å². The number of rotatable bonds is 2. The molecule has 0 aromatic heterocycles. The van der Waals surface area contributed by atoms with Crippen molar-refractivity contribution in [2.45, 2.75) is 6.92 Å². The molecule has 0 rings (SSSR count). The maximum atomic E-state index is 10.0. The first-order valence-corrected chi connectivity index (χ1v) is 2.59. The Bertz CT molecular complexity index is 98.6. The van der Waals surface area contributed by atoms with Gasteiger partial charge in [-0.1, -0.05) is 11.6 Å². The van der Waals surface area contributed by atoms with Gasteiger partial charge in [-0.2, -0.15) is 0 Å². The van der Waals surface area contributed by atoms with E-state index in [1.165, 1.54) is 12.5 Å². The van der Waals surface area contributed by atoms with Crippen LogP contribution >= 0.6 is 11.6 Å². The van der Waals surface area contributed by atoms with Gasteiger partial charge in [-0.3, -0.25) is 4.79 Å². The predicted molar refractivity (Wildman–Crippen MR) is 31.6 cm³/mol. The third-order valence-corrected chi connectivity index (χ3v) is 0.650. The van der Waals surface area contributed by atoms with Crippen molar-refractivity contribution in [3.8, 4) is 0 Å². The molecule has 0 aliphatic rings. The molecule has 0 aromatic carbocycles. The summed E-state index contributed by atoms with van der Waals surface area (Å²) in [5, 5.41) is 0. The highest BCUT2D eigenvalue weighted by atomic mass is 35.5. The van der Waals surface area contributed by atoms with Gasteiger partial charge in [0.15, 0.2) is 0 Å². The van der Waals surface area contributed by atoms with E-state index in [1.807, 2.05) is 0 Å². The van der Waals surface area contributed by atoms with Crippen LogP contribution in [0.1, 0.15) is 6.92 Å². The van der Waals surface area contributed by atoms with E-state index >= 15 is 0 Å². The maximum absolute atomic E-state index is 10.0. The Hall–Kier alpha value is -0.500. The van der Waals surface area contributed by atoms with Crippen LogP contribution in [0.2, 0.25) is 0 Å². The van der Waals surface area contributed by atoms with Crippen LogP contribution in [-0.2, 0) is 9.53 Å². The standard InChI is InChI=1S/C5H7ClO2/c1-5(7)8-4-2-3-6/h2-3H,4H2,1H3/b3-2-. The van der Waals surface area contributed by atoms with E-state index in [9.17, 15) is 4.79 Å². The summed E-state index contributed by atoms with van der Waals surface area (Å²) in [4.78, 5) is 10.0. The number of hydrogen-bond acceptors (Lipinski definition) is 2. The van der Waals surface area contributed by atoms with Gasteiger partial charge in [0.05, 0.1) is 0 Å².